The molecule has 0 aliphatic heterocycles. The van der Waals surface area contributed by atoms with Crippen LogP contribution in [0.25, 0.3) is 0 Å². The van der Waals surface area contributed by atoms with Crippen molar-refractivity contribution in [2.75, 3.05) is 5.32 Å². The van der Waals surface area contributed by atoms with Gasteiger partial charge >= 0.3 is 0 Å². The van der Waals surface area contributed by atoms with Gasteiger partial charge in [-0.1, -0.05) is 44.5 Å². The van der Waals surface area contributed by atoms with Gasteiger partial charge in [-0.25, -0.2) is 4.98 Å². The Labute approximate surface area is 154 Å². The Morgan fingerprint density at radius 1 is 1.12 bits per heavy atom. The number of carbonyl (C=O) groups is 1. The Morgan fingerprint density at radius 2 is 1.84 bits per heavy atom. The van der Waals surface area contributed by atoms with Crippen molar-refractivity contribution in [2.24, 2.45) is 5.92 Å². The number of rotatable bonds is 5. The van der Waals surface area contributed by atoms with E-state index in [2.05, 4.69) is 48.4 Å². The quantitative estimate of drug-likeness (QED) is 0.734. The van der Waals surface area contributed by atoms with E-state index < -0.39 is 0 Å². The molecule has 4 heteroatoms. The average molecular weight is 357 g/mol. The van der Waals surface area contributed by atoms with Crippen LogP contribution in [0.15, 0.2) is 24.3 Å². The number of fused-ring (bicyclic) bond motifs is 1. The van der Waals surface area contributed by atoms with Gasteiger partial charge in [0.15, 0.2) is 5.13 Å². The molecule has 3 rings (SSSR count). The van der Waals surface area contributed by atoms with Crippen molar-refractivity contribution >= 4 is 22.4 Å². The molecule has 0 spiro atoms. The van der Waals surface area contributed by atoms with Crippen LogP contribution in [-0.4, -0.2) is 10.9 Å². The summed E-state index contributed by atoms with van der Waals surface area (Å²) in [6.45, 7) is 6.41. The molecule has 1 atom stereocenters. The lowest BCUT2D eigenvalue weighted by Crippen LogP contribution is -2.18. The van der Waals surface area contributed by atoms with E-state index in [1.165, 1.54) is 35.4 Å². The summed E-state index contributed by atoms with van der Waals surface area (Å²) in [5.74, 6) is 0.504. The zero-order valence-corrected chi connectivity index (χ0v) is 16.3. The molecule has 0 bridgehead atoms. The Bertz CT molecular complexity index is 694. The molecule has 0 saturated heterocycles. The van der Waals surface area contributed by atoms with E-state index in [9.17, 15) is 4.79 Å². The molecule has 2 aromatic rings. The molecule has 0 saturated carbocycles. The number of thiazole rings is 1. The Hall–Kier alpha value is -1.68. The predicted octanol–water partition coefficient (Wildman–Crippen LogP) is 5.35. The van der Waals surface area contributed by atoms with Gasteiger partial charge < -0.3 is 5.32 Å². The van der Waals surface area contributed by atoms with E-state index >= 15 is 0 Å². The zero-order valence-electron chi connectivity index (χ0n) is 15.5. The molecule has 1 aliphatic carbocycles. The summed E-state index contributed by atoms with van der Waals surface area (Å²) in [6.07, 6.45) is 6.97. The summed E-state index contributed by atoms with van der Waals surface area (Å²) in [7, 11) is 0. The molecule has 1 aromatic heterocycles. The average Bonchev–Trinajstić information content (AvgIpc) is 2.82. The van der Waals surface area contributed by atoms with Crippen LogP contribution < -0.4 is 5.32 Å². The summed E-state index contributed by atoms with van der Waals surface area (Å²) < 4.78 is 0. The number of anilines is 1. The van der Waals surface area contributed by atoms with Gasteiger partial charge in [0.25, 0.3) is 0 Å². The van der Waals surface area contributed by atoms with Crippen molar-refractivity contribution in [1.29, 1.82) is 0 Å². The van der Waals surface area contributed by atoms with Crippen molar-refractivity contribution in [3.05, 3.63) is 46.0 Å². The maximum absolute atomic E-state index is 12.6. The van der Waals surface area contributed by atoms with Crippen LogP contribution in [-0.2, 0) is 24.1 Å². The van der Waals surface area contributed by atoms with E-state index in [1.54, 1.807) is 11.3 Å². The highest BCUT2D eigenvalue weighted by Gasteiger charge is 2.19. The van der Waals surface area contributed by atoms with E-state index in [0.29, 0.717) is 5.92 Å². The van der Waals surface area contributed by atoms with Gasteiger partial charge in [0, 0.05) is 4.88 Å². The van der Waals surface area contributed by atoms with Gasteiger partial charge in [0.05, 0.1) is 11.6 Å². The minimum absolute atomic E-state index is 0.0283. The molecular formula is C21H28N2OS. The van der Waals surface area contributed by atoms with Gasteiger partial charge in [-0.05, 0) is 56.1 Å². The number of hydrogen-bond donors (Lipinski definition) is 1. The molecular weight excluding hydrogens is 328 g/mol. The minimum atomic E-state index is -0.170. The Morgan fingerprint density at radius 3 is 2.56 bits per heavy atom. The second-order valence-corrected chi connectivity index (χ2v) is 8.58. The maximum atomic E-state index is 12.6. The van der Waals surface area contributed by atoms with Crippen LogP contribution in [0.5, 0.6) is 0 Å². The summed E-state index contributed by atoms with van der Waals surface area (Å²) in [5.41, 5.74) is 3.58. The first-order valence-corrected chi connectivity index (χ1v) is 10.2. The highest BCUT2D eigenvalue weighted by Crippen LogP contribution is 2.29. The van der Waals surface area contributed by atoms with Crippen LogP contribution >= 0.6 is 11.3 Å². The first kappa shape index (κ1) is 18.1. The molecule has 25 heavy (non-hydrogen) atoms. The fourth-order valence-corrected chi connectivity index (χ4v) is 4.41. The first-order chi connectivity index (χ1) is 12.0. The second-order valence-electron chi connectivity index (χ2n) is 7.50. The largest absolute Gasteiger partial charge is 0.301 e. The standard InChI is InChI=1S/C21H28N2OS/c1-14(2)13-16-9-11-17(12-10-16)15(3)20(24)23-21-22-18-7-5-4-6-8-19(18)25-21/h9-12,14-15H,4-8,13H2,1-3H3,(H,22,23,24). The van der Waals surface area contributed by atoms with Gasteiger partial charge in [0.1, 0.15) is 0 Å². The highest BCUT2D eigenvalue weighted by molar-refractivity contribution is 7.15. The number of aryl methyl sites for hydroxylation is 2. The van der Waals surface area contributed by atoms with E-state index in [4.69, 9.17) is 0 Å². The molecule has 1 heterocycles. The smallest absolute Gasteiger partial charge is 0.233 e. The monoisotopic (exact) mass is 356 g/mol. The van der Waals surface area contributed by atoms with Crippen LogP contribution in [0.3, 0.4) is 0 Å². The van der Waals surface area contributed by atoms with Gasteiger partial charge in [-0.3, -0.25) is 4.79 Å². The fourth-order valence-electron chi connectivity index (χ4n) is 3.36. The lowest BCUT2D eigenvalue weighted by Gasteiger charge is -2.12. The molecule has 1 aliphatic rings. The highest BCUT2D eigenvalue weighted by atomic mass is 32.1. The van der Waals surface area contributed by atoms with Crippen molar-refractivity contribution in [3.8, 4) is 0 Å². The Balaban J connectivity index is 1.64. The zero-order chi connectivity index (χ0) is 17.8. The van der Waals surface area contributed by atoms with E-state index in [1.807, 2.05) is 6.92 Å². The molecule has 1 amide bonds. The lowest BCUT2D eigenvalue weighted by atomic mass is 9.96. The molecule has 1 aromatic carbocycles. The normalized spacial score (nSPS) is 15.5. The molecule has 0 radical (unpaired) electrons. The fraction of sp³-hybridized carbons (Fsp3) is 0.524. The number of nitrogens with zero attached hydrogens (tertiary/aromatic N) is 1. The Kier molecular flexibility index (Phi) is 5.89. The first-order valence-electron chi connectivity index (χ1n) is 9.41. The molecule has 1 unspecified atom stereocenters. The van der Waals surface area contributed by atoms with Crippen LogP contribution in [0.2, 0.25) is 0 Å². The predicted molar refractivity (Wildman–Crippen MR) is 105 cm³/mol. The second kappa shape index (κ2) is 8.13. The number of amides is 1. The topological polar surface area (TPSA) is 42.0 Å². The van der Waals surface area contributed by atoms with Gasteiger partial charge in [-0.15, -0.1) is 11.3 Å². The van der Waals surface area contributed by atoms with Crippen molar-refractivity contribution in [2.45, 2.75) is 65.2 Å². The third-order valence-corrected chi connectivity index (χ3v) is 5.92. The van der Waals surface area contributed by atoms with Crippen molar-refractivity contribution in [1.82, 2.24) is 4.98 Å². The maximum Gasteiger partial charge on any atom is 0.233 e. The summed E-state index contributed by atoms with van der Waals surface area (Å²) in [5, 5.41) is 3.80. The van der Waals surface area contributed by atoms with Crippen LogP contribution in [0, 0.1) is 5.92 Å². The van der Waals surface area contributed by atoms with E-state index in [0.717, 1.165) is 30.0 Å². The van der Waals surface area contributed by atoms with Gasteiger partial charge in [0.2, 0.25) is 5.91 Å². The van der Waals surface area contributed by atoms with Crippen molar-refractivity contribution in [3.63, 3.8) is 0 Å². The molecule has 134 valence electrons. The van der Waals surface area contributed by atoms with Crippen LogP contribution in [0.4, 0.5) is 5.13 Å². The number of aromatic nitrogens is 1. The van der Waals surface area contributed by atoms with E-state index in [-0.39, 0.29) is 11.8 Å². The molecule has 1 N–H and O–H groups in total. The summed E-state index contributed by atoms with van der Waals surface area (Å²) in [4.78, 5) is 18.6. The number of nitrogens with one attached hydrogen (secondary N) is 1. The number of hydrogen-bond acceptors (Lipinski definition) is 3. The molecule has 0 fully saturated rings. The summed E-state index contributed by atoms with van der Waals surface area (Å²) in [6, 6.07) is 8.45. The third-order valence-electron chi connectivity index (χ3n) is 4.84. The number of carbonyl (C=O) groups excluding carboxylic acids is 1. The molecule has 3 nitrogen and oxygen atoms in total. The lowest BCUT2D eigenvalue weighted by molar-refractivity contribution is -0.117. The SMILES string of the molecule is CC(C)Cc1ccc(C(C)C(=O)Nc2nc3c(s2)CCCCC3)cc1. The van der Waals surface area contributed by atoms with Gasteiger partial charge in [-0.2, -0.15) is 0 Å². The minimum Gasteiger partial charge on any atom is -0.301 e. The third kappa shape index (κ3) is 4.69. The summed E-state index contributed by atoms with van der Waals surface area (Å²) >= 11 is 1.66. The number of benzene rings is 1. The van der Waals surface area contributed by atoms with Crippen molar-refractivity contribution < 1.29 is 4.79 Å². The van der Waals surface area contributed by atoms with Crippen LogP contribution in [0.1, 0.15) is 67.6 Å².